The second kappa shape index (κ2) is 6.16. The smallest absolute Gasteiger partial charge is 0.228 e. The Hall–Kier alpha value is 0.0400. The fourth-order valence-corrected chi connectivity index (χ4v) is 9.23. The highest BCUT2D eigenvalue weighted by molar-refractivity contribution is 9.11. The Morgan fingerprint density at radius 3 is 2.18 bits per heavy atom. The minimum Gasteiger partial charge on any atom is -0.228 e. The maximum Gasteiger partial charge on any atom is 0.252 e. The first-order chi connectivity index (χ1) is 10.3. The lowest BCUT2D eigenvalue weighted by molar-refractivity contribution is 0.307. The van der Waals surface area contributed by atoms with E-state index in [1.165, 1.54) is 4.31 Å². The molecular formula is C13H18BrNO4S3. The highest BCUT2D eigenvalue weighted by atomic mass is 79.9. The Bertz CT molecular complexity index is 744. The Morgan fingerprint density at radius 1 is 1.00 bits per heavy atom. The second-order valence-electron chi connectivity index (χ2n) is 5.85. The molecule has 5 nitrogen and oxygen atoms in total. The molecule has 2 fully saturated rings. The van der Waals surface area contributed by atoms with Crippen LogP contribution in [0.15, 0.2) is 20.1 Å². The van der Waals surface area contributed by atoms with E-state index in [4.69, 9.17) is 0 Å². The Kier molecular flexibility index (Phi) is 4.73. The highest BCUT2D eigenvalue weighted by Gasteiger charge is 2.46. The van der Waals surface area contributed by atoms with E-state index in [0.29, 0.717) is 0 Å². The molecule has 1 aromatic rings. The molecule has 0 unspecified atom stereocenters. The van der Waals surface area contributed by atoms with Gasteiger partial charge in [-0.05, 0) is 40.9 Å². The Labute approximate surface area is 143 Å². The van der Waals surface area contributed by atoms with Crippen LogP contribution in [0.1, 0.15) is 32.1 Å². The molecule has 1 aromatic heterocycles. The summed E-state index contributed by atoms with van der Waals surface area (Å²) in [5, 5.41) is -0.805. The molecule has 0 bridgehead atoms. The molecule has 0 atom stereocenters. The maximum absolute atomic E-state index is 12.6. The van der Waals surface area contributed by atoms with Crippen LogP contribution in [-0.4, -0.2) is 44.7 Å². The summed E-state index contributed by atoms with van der Waals surface area (Å²) < 4.78 is 52.2. The molecule has 22 heavy (non-hydrogen) atoms. The predicted molar refractivity (Wildman–Crippen MR) is 90.4 cm³/mol. The van der Waals surface area contributed by atoms with Crippen molar-refractivity contribution < 1.29 is 16.8 Å². The molecule has 1 aliphatic heterocycles. The second-order valence-corrected chi connectivity index (χ2v) is 13.0. The molecule has 3 rings (SSSR count). The van der Waals surface area contributed by atoms with E-state index in [1.807, 2.05) is 0 Å². The number of halogens is 1. The third-order valence-corrected chi connectivity index (χ3v) is 11.0. The molecule has 124 valence electrons. The van der Waals surface area contributed by atoms with E-state index in [0.717, 1.165) is 47.2 Å². The maximum atomic E-state index is 12.6. The van der Waals surface area contributed by atoms with E-state index in [9.17, 15) is 16.8 Å². The van der Waals surface area contributed by atoms with E-state index < -0.39 is 25.1 Å². The van der Waals surface area contributed by atoms with Crippen molar-refractivity contribution in [1.29, 1.82) is 0 Å². The van der Waals surface area contributed by atoms with Crippen molar-refractivity contribution in [2.45, 2.75) is 46.8 Å². The van der Waals surface area contributed by atoms with Crippen LogP contribution in [0.4, 0.5) is 0 Å². The predicted octanol–water partition coefficient (Wildman–Crippen LogP) is 2.63. The van der Waals surface area contributed by atoms with Gasteiger partial charge in [-0.15, -0.1) is 11.3 Å². The lowest BCUT2D eigenvalue weighted by Crippen LogP contribution is -2.58. The van der Waals surface area contributed by atoms with Gasteiger partial charge in [-0.25, -0.2) is 16.8 Å². The van der Waals surface area contributed by atoms with Gasteiger partial charge in [0.2, 0.25) is 0 Å². The molecule has 0 N–H and O–H groups in total. The lowest BCUT2D eigenvalue weighted by Gasteiger charge is -2.39. The van der Waals surface area contributed by atoms with Crippen LogP contribution < -0.4 is 0 Å². The molecular weight excluding hydrogens is 410 g/mol. The van der Waals surface area contributed by atoms with Gasteiger partial charge in [0.15, 0.2) is 9.84 Å². The summed E-state index contributed by atoms with van der Waals surface area (Å²) in [5.74, 6) is 0. The molecule has 2 aliphatic rings. The third-order valence-electron chi connectivity index (χ3n) is 4.44. The summed E-state index contributed by atoms with van der Waals surface area (Å²) in [6.07, 6.45) is 4.47. The molecule has 1 saturated heterocycles. The standard InChI is InChI=1S/C13H18BrNO4S3/c14-12-6-7-13(20-12)22(18,19)15-8-11(9-15)21(16,17)10-4-2-1-3-5-10/h6-7,10-11H,1-5,8-9H2. The average Bonchev–Trinajstić information content (AvgIpc) is 2.85. The summed E-state index contributed by atoms with van der Waals surface area (Å²) in [5.41, 5.74) is 0. The largest absolute Gasteiger partial charge is 0.252 e. The van der Waals surface area contributed by atoms with Gasteiger partial charge < -0.3 is 0 Å². The normalized spacial score (nSPS) is 22.6. The van der Waals surface area contributed by atoms with Gasteiger partial charge in [-0.3, -0.25) is 0 Å². The quantitative estimate of drug-likeness (QED) is 0.739. The first kappa shape index (κ1) is 16.9. The van der Waals surface area contributed by atoms with E-state index >= 15 is 0 Å². The van der Waals surface area contributed by atoms with E-state index in [2.05, 4.69) is 15.9 Å². The van der Waals surface area contributed by atoms with Crippen LogP contribution in [0.2, 0.25) is 0 Å². The SMILES string of the molecule is O=S(=O)(C1CCCCC1)C1CN(S(=O)(=O)c2ccc(Br)s2)C1. The van der Waals surface area contributed by atoms with Crippen molar-refractivity contribution in [2.75, 3.05) is 13.1 Å². The van der Waals surface area contributed by atoms with Crippen molar-refractivity contribution in [3.05, 3.63) is 15.9 Å². The van der Waals surface area contributed by atoms with Gasteiger partial charge in [0.25, 0.3) is 10.0 Å². The number of thiophene rings is 1. The monoisotopic (exact) mass is 427 g/mol. The van der Waals surface area contributed by atoms with Gasteiger partial charge in [0.05, 0.1) is 14.3 Å². The number of nitrogens with zero attached hydrogens (tertiary/aromatic N) is 1. The van der Waals surface area contributed by atoms with Gasteiger partial charge in [-0.2, -0.15) is 4.31 Å². The van der Waals surface area contributed by atoms with Gasteiger partial charge in [0.1, 0.15) is 4.21 Å². The van der Waals surface area contributed by atoms with Crippen molar-refractivity contribution in [1.82, 2.24) is 4.31 Å². The number of rotatable bonds is 4. The topological polar surface area (TPSA) is 71.5 Å². The molecule has 1 saturated carbocycles. The van der Waals surface area contributed by atoms with Crippen LogP contribution in [0.25, 0.3) is 0 Å². The van der Waals surface area contributed by atoms with Crippen LogP contribution in [0.5, 0.6) is 0 Å². The van der Waals surface area contributed by atoms with Crippen LogP contribution in [-0.2, 0) is 19.9 Å². The summed E-state index contributed by atoms with van der Waals surface area (Å²) in [7, 11) is -6.76. The summed E-state index contributed by atoms with van der Waals surface area (Å²) in [6, 6.07) is 3.24. The van der Waals surface area contributed by atoms with Crippen molar-refractivity contribution in [3.8, 4) is 0 Å². The summed E-state index contributed by atoms with van der Waals surface area (Å²) in [4.78, 5) is 0. The van der Waals surface area contributed by atoms with Gasteiger partial charge in [-0.1, -0.05) is 19.3 Å². The number of sulfone groups is 1. The minimum absolute atomic E-state index is 0.0939. The van der Waals surface area contributed by atoms with Crippen molar-refractivity contribution in [2.24, 2.45) is 0 Å². The van der Waals surface area contributed by atoms with E-state index in [-0.39, 0.29) is 22.5 Å². The van der Waals surface area contributed by atoms with Crippen LogP contribution in [0, 0.1) is 0 Å². The highest BCUT2D eigenvalue weighted by Crippen LogP contribution is 2.34. The van der Waals surface area contributed by atoms with Crippen LogP contribution in [0.3, 0.4) is 0 Å². The summed E-state index contributed by atoms with van der Waals surface area (Å²) in [6.45, 7) is 0.188. The zero-order valence-electron chi connectivity index (χ0n) is 11.9. The Balaban J connectivity index is 1.69. The molecule has 0 aromatic carbocycles. The first-order valence-electron chi connectivity index (χ1n) is 7.30. The van der Waals surface area contributed by atoms with Gasteiger partial charge in [0, 0.05) is 13.1 Å². The first-order valence-corrected chi connectivity index (χ1v) is 12.0. The molecule has 9 heteroatoms. The molecule has 0 amide bonds. The zero-order valence-corrected chi connectivity index (χ0v) is 16.0. The fourth-order valence-electron chi connectivity index (χ4n) is 3.03. The van der Waals surface area contributed by atoms with Crippen molar-refractivity contribution >= 4 is 47.1 Å². The van der Waals surface area contributed by atoms with E-state index in [1.54, 1.807) is 12.1 Å². The lowest BCUT2D eigenvalue weighted by atomic mass is 10.0. The van der Waals surface area contributed by atoms with Crippen molar-refractivity contribution in [3.63, 3.8) is 0 Å². The minimum atomic E-state index is -3.55. The fraction of sp³-hybridized carbons (Fsp3) is 0.692. The molecule has 2 heterocycles. The number of hydrogen-bond acceptors (Lipinski definition) is 5. The number of hydrogen-bond donors (Lipinski definition) is 0. The van der Waals surface area contributed by atoms with Crippen LogP contribution >= 0.6 is 27.3 Å². The molecule has 0 radical (unpaired) electrons. The average molecular weight is 428 g/mol. The molecule has 0 spiro atoms. The Morgan fingerprint density at radius 2 is 1.64 bits per heavy atom. The van der Waals surface area contributed by atoms with Gasteiger partial charge >= 0.3 is 0 Å². The third kappa shape index (κ3) is 3.02. The number of sulfonamides is 1. The molecule has 1 aliphatic carbocycles. The zero-order chi connectivity index (χ0) is 16.0. The summed E-state index contributed by atoms with van der Waals surface area (Å²) >= 11 is 4.40.